The Morgan fingerprint density at radius 2 is 2.18 bits per heavy atom. The Morgan fingerprint density at radius 3 is 2.76 bits per heavy atom. The Labute approximate surface area is 102 Å². The quantitative estimate of drug-likeness (QED) is 0.670. The van der Waals surface area contributed by atoms with Crippen LogP contribution in [-0.4, -0.2) is 30.0 Å². The molecule has 0 aromatic heterocycles. The summed E-state index contributed by atoms with van der Waals surface area (Å²) < 4.78 is 5.31. The van der Waals surface area contributed by atoms with Gasteiger partial charge in [-0.2, -0.15) is 0 Å². The molecule has 0 spiro atoms. The molecule has 0 saturated carbocycles. The van der Waals surface area contributed by atoms with Crippen molar-refractivity contribution in [2.24, 2.45) is 11.7 Å². The van der Waals surface area contributed by atoms with Crippen molar-refractivity contribution in [2.75, 3.05) is 19.8 Å². The minimum absolute atomic E-state index is 0.0857. The predicted molar refractivity (Wildman–Crippen MR) is 67.2 cm³/mol. The van der Waals surface area contributed by atoms with E-state index in [1.165, 1.54) is 0 Å². The van der Waals surface area contributed by atoms with E-state index in [4.69, 9.17) is 15.6 Å². The molecular formula is C13H21NO3. The maximum absolute atomic E-state index is 9.96. The number of ether oxygens (including phenoxy) is 1. The van der Waals surface area contributed by atoms with Gasteiger partial charge in [0.1, 0.15) is 0 Å². The van der Waals surface area contributed by atoms with E-state index in [1.807, 2.05) is 19.1 Å². The Morgan fingerprint density at radius 1 is 1.41 bits per heavy atom. The zero-order chi connectivity index (χ0) is 12.7. The van der Waals surface area contributed by atoms with Crippen LogP contribution in [0.15, 0.2) is 18.2 Å². The highest BCUT2D eigenvalue weighted by atomic mass is 16.5. The lowest BCUT2D eigenvalue weighted by atomic mass is 9.99. The highest BCUT2D eigenvalue weighted by Crippen LogP contribution is 2.30. The Hall–Kier alpha value is -1.26. The molecule has 0 bridgehead atoms. The first-order valence-electron chi connectivity index (χ1n) is 5.97. The van der Waals surface area contributed by atoms with Gasteiger partial charge in [0.15, 0.2) is 11.5 Å². The molecule has 4 N–H and O–H groups in total. The lowest BCUT2D eigenvalue weighted by molar-refractivity contribution is 0.222. The fourth-order valence-electron chi connectivity index (χ4n) is 1.68. The molecule has 0 aliphatic rings. The smallest absolute Gasteiger partial charge is 0.161 e. The molecule has 96 valence electrons. The molecule has 4 heteroatoms. The Balaban J connectivity index is 2.67. The van der Waals surface area contributed by atoms with E-state index in [2.05, 4.69) is 0 Å². The number of aromatic hydroxyl groups is 1. The maximum Gasteiger partial charge on any atom is 0.161 e. The first kappa shape index (κ1) is 13.8. The van der Waals surface area contributed by atoms with E-state index in [9.17, 15) is 5.11 Å². The van der Waals surface area contributed by atoms with Gasteiger partial charge in [-0.3, -0.25) is 0 Å². The standard InChI is InChI=1S/C13H21NO3/c1-2-17-12-5-3-4-11(13(12)16)7-6-10(8-14)9-15/h3-5,10,15-16H,2,6-9,14H2,1H3. The van der Waals surface area contributed by atoms with Gasteiger partial charge < -0.3 is 20.7 Å². The Kier molecular flexibility index (Phi) is 5.80. The molecule has 0 saturated heterocycles. The lowest BCUT2D eigenvalue weighted by Gasteiger charge is -2.13. The van der Waals surface area contributed by atoms with Crippen LogP contribution < -0.4 is 10.5 Å². The number of hydrogen-bond acceptors (Lipinski definition) is 4. The van der Waals surface area contributed by atoms with Crippen LogP contribution in [-0.2, 0) is 6.42 Å². The monoisotopic (exact) mass is 239 g/mol. The number of phenols is 1. The third-order valence-corrected chi connectivity index (χ3v) is 2.80. The summed E-state index contributed by atoms with van der Waals surface area (Å²) in [5, 5.41) is 19.0. The number of aryl methyl sites for hydroxylation is 1. The Bertz CT molecular complexity index is 337. The molecule has 17 heavy (non-hydrogen) atoms. The first-order chi connectivity index (χ1) is 8.22. The van der Waals surface area contributed by atoms with E-state index in [-0.39, 0.29) is 18.3 Å². The van der Waals surface area contributed by atoms with Crippen molar-refractivity contribution in [1.82, 2.24) is 0 Å². The fourth-order valence-corrected chi connectivity index (χ4v) is 1.68. The number of rotatable bonds is 7. The van der Waals surface area contributed by atoms with Crippen LogP contribution in [0, 0.1) is 5.92 Å². The van der Waals surface area contributed by atoms with E-state index in [0.717, 1.165) is 12.0 Å². The normalized spacial score (nSPS) is 12.4. The molecule has 1 aromatic carbocycles. The average Bonchev–Trinajstić information content (AvgIpc) is 2.35. The molecule has 1 rings (SSSR count). The van der Waals surface area contributed by atoms with Gasteiger partial charge in [-0.05, 0) is 43.9 Å². The number of benzene rings is 1. The highest BCUT2D eigenvalue weighted by Gasteiger charge is 2.10. The second-order valence-electron chi connectivity index (χ2n) is 4.02. The van der Waals surface area contributed by atoms with Gasteiger partial charge >= 0.3 is 0 Å². The van der Waals surface area contributed by atoms with Crippen LogP contribution >= 0.6 is 0 Å². The number of nitrogens with two attached hydrogens (primary N) is 1. The SMILES string of the molecule is CCOc1cccc(CCC(CN)CO)c1O. The van der Waals surface area contributed by atoms with Gasteiger partial charge in [0.25, 0.3) is 0 Å². The summed E-state index contributed by atoms with van der Waals surface area (Å²) in [6.07, 6.45) is 1.45. The van der Waals surface area contributed by atoms with Gasteiger partial charge in [-0.15, -0.1) is 0 Å². The number of aliphatic hydroxyl groups excluding tert-OH is 1. The minimum atomic E-state index is 0.0857. The molecule has 1 atom stereocenters. The average molecular weight is 239 g/mol. The third-order valence-electron chi connectivity index (χ3n) is 2.80. The van der Waals surface area contributed by atoms with Crippen molar-refractivity contribution < 1.29 is 14.9 Å². The zero-order valence-corrected chi connectivity index (χ0v) is 10.2. The van der Waals surface area contributed by atoms with Crippen LogP contribution in [0.1, 0.15) is 18.9 Å². The molecule has 0 fully saturated rings. The molecule has 0 aliphatic heterocycles. The van der Waals surface area contributed by atoms with E-state index < -0.39 is 0 Å². The number of phenolic OH excluding ortho intramolecular Hbond substituents is 1. The lowest BCUT2D eigenvalue weighted by Crippen LogP contribution is -2.18. The molecule has 0 radical (unpaired) electrons. The van der Waals surface area contributed by atoms with Crippen LogP contribution in [0.4, 0.5) is 0 Å². The van der Waals surface area contributed by atoms with Gasteiger partial charge in [0, 0.05) is 6.61 Å². The van der Waals surface area contributed by atoms with Gasteiger partial charge in [0.05, 0.1) is 6.61 Å². The maximum atomic E-state index is 9.96. The predicted octanol–water partition coefficient (Wildman–Crippen LogP) is 1.29. The van der Waals surface area contributed by atoms with Crippen molar-refractivity contribution in [3.8, 4) is 11.5 Å². The van der Waals surface area contributed by atoms with Crippen molar-refractivity contribution in [1.29, 1.82) is 0 Å². The van der Waals surface area contributed by atoms with Crippen molar-refractivity contribution in [3.63, 3.8) is 0 Å². The molecule has 0 aliphatic carbocycles. The van der Waals surface area contributed by atoms with Gasteiger partial charge in [-0.1, -0.05) is 12.1 Å². The zero-order valence-electron chi connectivity index (χ0n) is 10.2. The van der Waals surface area contributed by atoms with Crippen LogP contribution in [0.25, 0.3) is 0 Å². The molecule has 1 aromatic rings. The number of aliphatic hydroxyl groups is 1. The minimum Gasteiger partial charge on any atom is -0.504 e. The first-order valence-corrected chi connectivity index (χ1v) is 5.97. The topological polar surface area (TPSA) is 75.7 Å². The summed E-state index contributed by atoms with van der Waals surface area (Å²) in [4.78, 5) is 0. The summed E-state index contributed by atoms with van der Waals surface area (Å²) >= 11 is 0. The summed E-state index contributed by atoms with van der Waals surface area (Å²) in [5.74, 6) is 0.798. The molecule has 0 heterocycles. The molecule has 1 unspecified atom stereocenters. The second-order valence-corrected chi connectivity index (χ2v) is 4.02. The second kappa shape index (κ2) is 7.14. The van der Waals surface area contributed by atoms with E-state index in [1.54, 1.807) is 6.07 Å². The van der Waals surface area contributed by atoms with Crippen LogP contribution in [0.2, 0.25) is 0 Å². The van der Waals surface area contributed by atoms with E-state index >= 15 is 0 Å². The molecule has 4 nitrogen and oxygen atoms in total. The van der Waals surface area contributed by atoms with E-state index in [0.29, 0.717) is 25.3 Å². The summed E-state index contributed by atoms with van der Waals surface area (Å²) in [6, 6.07) is 5.47. The van der Waals surface area contributed by atoms with Crippen molar-refractivity contribution in [3.05, 3.63) is 23.8 Å². The van der Waals surface area contributed by atoms with Gasteiger partial charge in [-0.25, -0.2) is 0 Å². The number of para-hydroxylation sites is 1. The summed E-state index contributed by atoms with van der Waals surface area (Å²) in [6.45, 7) is 2.95. The summed E-state index contributed by atoms with van der Waals surface area (Å²) in [7, 11) is 0. The molecule has 0 amide bonds. The third kappa shape index (κ3) is 3.91. The molecular weight excluding hydrogens is 218 g/mol. The van der Waals surface area contributed by atoms with Crippen molar-refractivity contribution in [2.45, 2.75) is 19.8 Å². The summed E-state index contributed by atoms with van der Waals surface area (Å²) in [5.41, 5.74) is 6.35. The largest absolute Gasteiger partial charge is 0.504 e. The van der Waals surface area contributed by atoms with Crippen molar-refractivity contribution >= 4 is 0 Å². The van der Waals surface area contributed by atoms with Crippen LogP contribution in [0.3, 0.4) is 0 Å². The fraction of sp³-hybridized carbons (Fsp3) is 0.538. The van der Waals surface area contributed by atoms with Gasteiger partial charge in [0.2, 0.25) is 0 Å². The highest BCUT2D eigenvalue weighted by molar-refractivity contribution is 5.45. The number of hydrogen-bond donors (Lipinski definition) is 3. The van der Waals surface area contributed by atoms with Crippen LogP contribution in [0.5, 0.6) is 11.5 Å².